The number of carbonyl (C=O) groups is 1. The SMILES string of the molecule is CCC(C)(C)[C@@H]1CCc2c(sc3c2C(=O)N[C@@H](c2cccc(OC)c2)N3)C1. The Morgan fingerprint density at radius 3 is 2.85 bits per heavy atom. The van der Waals surface area contributed by atoms with E-state index in [0.717, 1.165) is 34.7 Å². The standard InChI is InChI=1S/C22H28N2O2S/c1-5-22(2,3)14-9-10-16-17(12-14)27-21-18(16)20(25)23-19(24-21)13-7-6-8-15(11-13)26-4/h6-8,11,14,19,24H,5,9-10,12H2,1-4H3,(H,23,25)/t14-,19-/m1/s1. The van der Waals surface area contributed by atoms with Gasteiger partial charge in [-0.25, -0.2) is 0 Å². The fraction of sp³-hybridized carbons (Fsp3) is 0.500. The number of benzene rings is 1. The molecule has 0 saturated carbocycles. The van der Waals surface area contributed by atoms with Gasteiger partial charge in [0.1, 0.15) is 16.9 Å². The lowest BCUT2D eigenvalue weighted by atomic mass is 9.69. The number of carbonyl (C=O) groups excluding carboxylic acids is 1. The molecule has 1 aromatic carbocycles. The molecule has 1 aliphatic carbocycles. The Balaban J connectivity index is 1.63. The zero-order chi connectivity index (χ0) is 19.2. The van der Waals surface area contributed by atoms with Gasteiger partial charge in [-0.3, -0.25) is 4.79 Å². The molecule has 4 nitrogen and oxygen atoms in total. The highest BCUT2D eigenvalue weighted by molar-refractivity contribution is 7.16. The van der Waals surface area contributed by atoms with E-state index in [4.69, 9.17) is 4.74 Å². The zero-order valence-electron chi connectivity index (χ0n) is 16.5. The van der Waals surface area contributed by atoms with E-state index in [1.54, 1.807) is 18.4 Å². The Hall–Kier alpha value is -2.01. The van der Waals surface area contributed by atoms with Crippen molar-refractivity contribution in [2.24, 2.45) is 11.3 Å². The molecule has 1 aliphatic heterocycles. The summed E-state index contributed by atoms with van der Waals surface area (Å²) in [6, 6.07) is 7.85. The van der Waals surface area contributed by atoms with Crippen LogP contribution in [0.3, 0.4) is 0 Å². The topological polar surface area (TPSA) is 50.4 Å². The Morgan fingerprint density at radius 1 is 1.30 bits per heavy atom. The Labute approximate surface area is 165 Å². The highest BCUT2D eigenvalue weighted by Crippen LogP contribution is 2.47. The first-order chi connectivity index (χ1) is 12.9. The summed E-state index contributed by atoms with van der Waals surface area (Å²) < 4.78 is 5.32. The van der Waals surface area contributed by atoms with E-state index in [9.17, 15) is 4.79 Å². The van der Waals surface area contributed by atoms with Crippen LogP contribution in [0, 0.1) is 11.3 Å². The van der Waals surface area contributed by atoms with E-state index < -0.39 is 0 Å². The van der Waals surface area contributed by atoms with Crippen molar-refractivity contribution in [2.45, 2.75) is 52.6 Å². The van der Waals surface area contributed by atoms with E-state index in [1.165, 1.54) is 23.3 Å². The van der Waals surface area contributed by atoms with Gasteiger partial charge in [0.2, 0.25) is 0 Å². The van der Waals surface area contributed by atoms with Crippen LogP contribution in [0.25, 0.3) is 0 Å². The van der Waals surface area contributed by atoms with Crippen LogP contribution < -0.4 is 15.4 Å². The lowest BCUT2D eigenvalue weighted by Crippen LogP contribution is -2.38. The van der Waals surface area contributed by atoms with Crippen LogP contribution >= 0.6 is 11.3 Å². The molecule has 0 saturated heterocycles. The molecule has 144 valence electrons. The van der Waals surface area contributed by atoms with Gasteiger partial charge in [-0.1, -0.05) is 39.3 Å². The predicted molar refractivity (Wildman–Crippen MR) is 111 cm³/mol. The Bertz CT molecular complexity index is 871. The van der Waals surface area contributed by atoms with E-state index >= 15 is 0 Å². The van der Waals surface area contributed by atoms with Gasteiger partial charge < -0.3 is 15.4 Å². The number of hydrogen-bond acceptors (Lipinski definition) is 4. The third-order valence-electron chi connectivity index (χ3n) is 6.49. The van der Waals surface area contributed by atoms with Crippen LogP contribution in [0.1, 0.15) is 66.1 Å². The molecule has 1 amide bonds. The van der Waals surface area contributed by atoms with Crippen LogP contribution in [0.2, 0.25) is 0 Å². The van der Waals surface area contributed by atoms with Crippen molar-refractivity contribution in [1.29, 1.82) is 0 Å². The van der Waals surface area contributed by atoms with Gasteiger partial charge in [0.15, 0.2) is 0 Å². The molecule has 2 atom stereocenters. The number of fused-ring (bicyclic) bond motifs is 3. The molecule has 2 N–H and O–H groups in total. The molecular weight excluding hydrogens is 356 g/mol. The molecule has 5 heteroatoms. The number of amides is 1. The monoisotopic (exact) mass is 384 g/mol. The molecule has 0 bridgehead atoms. The first-order valence-corrected chi connectivity index (χ1v) is 10.6. The second kappa shape index (κ2) is 6.86. The molecule has 0 spiro atoms. The molecule has 0 unspecified atom stereocenters. The summed E-state index contributed by atoms with van der Waals surface area (Å²) in [4.78, 5) is 14.3. The van der Waals surface area contributed by atoms with E-state index in [1.807, 2.05) is 24.3 Å². The van der Waals surface area contributed by atoms with Crippen molar-refractivity contribution < 1.29 is 9.53 Å². The van der Waals surface area contributed by atoms with Crippen molar-refractivity contribution in [2.75, 3.05) is 12.4 Å². The first-order valence-electron chi connectivity index (χ1n) is 9.79. The summed E-state index contributed by atoms with van der Waals surface area (Å²) in [5, 5.41) is 7.70. The maximum atomic E-state index is 12.9. The summed E-state index contributed by atoms with van der Waals surface area (Å²) in [5.41, 5.74) is 3.50. The van der Waals surface area contributed by atoms with Crippen molar-refractivity contribution in [1.82, 2.24) is 5.32 Å². The van der Waals surface area contributed by atoms with Crippen molar-refractivity contribution in [3.63, 3.8) is 0 Å². The number of rotatable bonds is 4. The van der Waals surface area contributed by atoms with E-state index in [2.05, 4.69) is 31.4 Å². The fourth-order valence-corrected chi connectivity index (χ4v) is 5.59. The van der Waals surface area contributed by atoms with Crippen LogP contribution in [0.5, 0.6) is 5.75 Å². The molecule has 27 heavy (non-hydrogen) atoms. The number of hydrogen-bond donors (Lipinski definition) is 2. The average molecular weight is 385 g/mol. The lowest BCUT2D eigenvalue weighted by molar-refractivity contribution is 0.0934. The maximum Gasteiger partial charge on any atom is 0.256 e. The second-order valence-corrected chi connectivity index (χ2v) is 9.42. The number of nitrogens with one attached hydrogen (secondary N) is 2. The Kier molecular flexibility index (Phi) is 4.66. The molecule has 2 aliphatic rings. The van der Waals surface area contributed by atoms with Gasteiger partial charge in [0.05, 0.1) is 12.7 Å². The molecular formula is C22H28N2O2S. The maximum absolute atomic E-state index is 12.9. The van der Waals surface area contributed by atoms with E-state index in [0.29, 0.717) is 11.3 Å². The van der Waals surface area contributed by atoms with Crippen molar-refractivity contribution in [3.8, 4) is 5.75 Å². The van der Waals surface area contributed by atoms with Gasteiger partial charge in [-0.05, 0) is 53.9 Å². The highest BCUT2D eigenvalue weighted by atomic mass is 32.1. The van der Waals surface area contributed by atoms with Gasteiger partial charge in [0.25, 0.3) is 5.91 Å². The van der Waals surface area contributed by atoms with Crippen LogP contribution in [0.4, 0.5) is 5.00 Å². The van der Waals surface area contributed by atoms with Crippen molar-refractivity contribution >= 4 is 22.2 Å². The van der Waals surface area contributed by atoms with Crippen LogP contribution in [-0.2, 0) is 12.8 Å². The molecule has 0 radical (unpaired) electrons. The average Bonchev–Trinajstić information content (AvgIpc) is 3.06. The number of ether oxygens (including phenoxy) is 1. The second-order valence-electron chi connectivity index (χ2n) is 8.32. The summed E-state index contributed by atoms with van der Waals surface area (Å²) in [7, 11) is 1.66. The van der Waals surface area contributed by atoms with Gasteiger partial charge in [-0.2, -0.15) is 0 Å². The van der Waals surface area contributed by atoms with Gasteiger partial charge >= 0.3 is 0 Å². The summed E-state index contributed by atoms with van der Waals surface area (Å²) in [6.07, 6.45) is 4.24. The van der Waals surface area contributed by atoms with Crippen LogP contribution in [0.15, 0.2) is 24.3 Å². The minimum absolute atomic E-state index is 0.0438. The number of thiophene rings is 1. The summed E-state index contributed by atoms with van der Waals surface area (Å²) >= 11 is 1.78. The third-order valence-corrected chi connectivity index (χ3v) is 7.67. The third kappa shape index (κ3) is 3.22. The molecule has 2 aromatic rings. The smallest absolute Gasteiger partial charge is 0.256 e. The largest absolute Gasteiger partial charge is 0.497 e. The molecule has 4 rings (SSSR count). The van der Waals surface area contributed by atoms with Gasteiger partial charge in [-0.15, -0.1) is 11.3 Å². The fourth-order valence-electron chi connectivity index (χ4n) is 4.24. The minimum Gasteiger partial charge on any atom is -0.497 e. The Morgan fingerprint density at radius 2 is 2.11 bits per heavy atom. The van der Waals surface area contributed by atoms with E-state index in [-0.39, 0.29) is 12.1 Å². The minimum atomic E-state index is -0.219. The number of anilines is 1. The summed E-state index contributed by atoms with van der Waals surface area (Å²) in [6.45, 7) is 7.03. The first kappa shape index (κ1) is 18.4. The normalized spacial score (nSPS) is 21.7. The lowest BCUT2D eigenvalue weighted by Gasteiger charge is -2.36. The molecule has 0 fully saturated rings. The predicted octanol–water partition coefficient (Wildman–Crippen LogP) is 5.15. The van der Waals surface area contributed by atoms with Crippen LogP contribution in [-0.4, -0.2) is 13.0 Å². The quantitative estimate of drug-likeness (QED) is 0.766. The number of methoxy groups -OCH3 is 1. The summed E-state index contributed by atoms with van der Waals surface area (Å²) in [5.74, 6) is 1.53. The zero-order valence-corrected chi connectivity index (χ0v) is 17.3. The molecule has 2 heterocycles. The van der Waals surface area contributed by atoms with Crippen molar-refractivity contribution in [3.05, 3.63) is 45.8 Å². The molecule has 1 aromatic heterocycles. The van der Waals surface area contributed by atoms with Gasteiger partial charge in [0, 0.05) is 4.88 Å². The highest BCUT2D eigenvalue weighted by Gasteiger charge is 2.37.